The fourth-order valence-electron chi connectivity index (χ4n) is 3.62. The summed E-state index contributed by atoms with van der Waals surface area (Å²) < 4.78 is 8.65. The van der Waals surface area contributed by atoms with Crippen molar-refractivity contribution in [3.63, 3.8) is 0 Å². The van der Waals surface area contributed by atoms with Crippen LogP contribution in [0.1, 0.15) is 31.4 Å². The fraction of sp³-hybridized carbons (Fsp3) is 0.500. The topological polar surface area (TPSA) is 64.4 Å². The molecule has 0 spiro atoms. The van der Waals surface area contributed by atoms with Gasteiger partial charge in [-0.2, -0.15) is 5.10 Å². The van der Waals surface area contributed by atoms with Crippen LogP contribution in [0.15, 0.2) is 30.3 Å². The van der Waals surface area contributed by atoms with Crippen molar-refractivity contribution in [2.75, 3.05) is 13.2 Å². The molecule has 0 bridgehead atoms. The largest absolute Gasteiger partial charge is 0.480 e. The van der Waals surface area contributed by atoms with Gasteiger partial charge >= 0.3 is 5.97 Å². The van der Waals surface area contributed by atoms with Crippen LogP contribution >= 0.6 is 22.6 Å². The van der Waals surface area contributed by atoms with Gasteiger partial charge in [-0.15, -0.1) is 0 Å². The molecule has 1 N–H and O–H groups in total. The predicted octanol–water partition coefficient (Wildman–Crippen LogP) is 4.37. The first kappa shape index (κ1) is 19.4. The van der Waals surface area contributed by atoms with E-state index >= 15 is 0 Å². The predicted molar refractivity (Wildman–Crippen MR) is 109 cm³/mol. The fourth-order valence-corrected chi connectivity index (χ4v) is 4.32. The summed E-state index contributed by atoms with van der Waals surface area (Å²) in [6.45, 7) is 3.48. The summed E-state index contributed by atoms with van der Waals surface area (Å²) in [4.78, 5) is 10.5. The van der Waals surface area contributed by atoms with Crippen molar-refractivity contribution >= 4 is 28.6 Å². The molecule has 1 aliphatic carbocycles. The summed E-state index contributed by atoms with van der Waals surface area (Å²) in [5, 5.41) is 13.5. The van der Waals surface area contributed by atoms with Gasteiger partial charge in [-0.05, 0) is 67.0 Å². The van der Waals surface area contributed by atoms with Crippen LogP contribution in [-0.4, -0.2) is 34.1 Å². The minimum absolute atomic E-state index is 0.187. The van der Waals surface area contributed by atoms with Crippen molar-refractivity contribution in [3.8, 4) is 11.3 Å². The zero-order valence-electron chi connectivity index (χ0n) is 15.0. The highest BCUT2D eigenvalue weighted by Gasteiger charge is 2.23. The van der Waals surface area contributed by atoms with E-state index in [0.29, 0.717) is 18.4 Å². The third kappa shape index (κ3) is 4.85. The first-order valence-electron chi connectivity index (χ1n) is 9.12. The Kier molecular flexibility index (Phi) is 6.69. The Morgan fingerprint density at radius 2 is 1.88 bits per heavy atom. The van der Waals surface area contributed by atoms with Crippen LogP contribution < -0.4 is 0 Å². The average molecular weight is 468 g/mol. The van der Waals surface area contributed by atoms with Crippen LogP contribution in [0.5, 0.6) is 0 Å². The van der Waals surface area contributed by atoms with E-state index in [2.05, 4.69) is 46.3 Å². The van der Waals surface area contributed by atoms with Gasteiger partial charge in [-0.3, -0.25) is 4.68 Å². The van der Waals surface area contributed by atoms with Gasteiger partial charge in [0.2, 0.25) is 0 Å². The highest BCUT2D eigenvalue weighted by molar-refractivity contribution is 14.1. The van der Waals surface area contributed by atoms with Crippen LogP contribution in [0.2, 0.25) is 0 Å². The van der Waals surface area contributed by atoms with Crippen LogP contribution in [0.3, 0.4) is 0 Å². The van der Waals surface area contributed by atoms with E-state index < -0.39 is 5.97 Å². The minimum Gasteiger partial charge on any atom is -0.480 e. The van der Waals surface area contributed by atoms with Crippen LogP contribution in [0, 0.1) is 22.3 Å². The number of carboxylic acid groups (broad SMARTS) is 1. The monoisotopic (exact) mass is 468 g/mol. The summed E-state index contributed by atoms with van der Waals surface area (Å²) in [7, 11) is 0. The second kappa shape index (κ2) is 8.99. The van der Waals surface area contributed by atoms with Crippen molar-refractivity contribution in [2.24, 2.45) is 11.8 Å². The van der Waals surface area contributed by atoms with E-state index in [1.807, 2.05) is 18.2 Å². The quantitative estimate of drug-likeness (QED) is 0.614. The van der Waals surface area contributed by atoms with Gasteiger partial charge in [-0.25, -0.2) is 4.79 Å². The highest BCUT2D eigenvalue weighted by Crippen LogP contribution is 2.32. The number of hydrogen-bond donors (Lipinski definition) is 1. The lowest BCUT2D eigenvalue weighted by molar-refractivity contribution is -0.142. The normalized spacial score (nSPS) is 20.2. The highest BCUT2D eigenvalue weighted by atomic mass is 127. The Morgan fingerprint density at radius 1 is 1.23 bits per heavy atom. The van der Waals surface area contributed by atoms with Crippen LogP contribution in [0.25, 0.3) is 11.3 Å². The van der Waals surface area contributed by atoms with E-state index in [9.17, 15) is 4.79 Å². The van der Waals surface area contributed by atoms with Crippen molar-refractivity contribution in [1.29, 1.82) is 0 Å². The molecule has 1 aromatic carbocycles. The molecule has 3 rings (SSSR count). The molecule has 0 aliphatic heterocycles. The SMILES string of the molecule is Cc1c(I)c(-c2ccccc2)nn1C[C@H]1CC[C@H](COCC(=O)O)CC1. The lowest BCUT2D eigenvalue weighted by atomic mass is 9.82. The maximum absolute atomic E-state index is 10.5. The number of halogens is 1. The molecule has 0 radical (unpaired) electrons. The molecule has 2 aromatic rings. The number of carbonyl (C=O) groups is 1. The van der Waals surface area contributed by atoms with Gasteiger partial charge in [-0.1, -0.05) is 30.3 Å². The van der Waals surface area contributed by atoms with Gasteiger partial charge < -0.3 is 9.84 Å². The summed E-state index contributed by atoms with van der Waals surface area (Å²) in [6.07, 6.45) is 4.51. The van der Waals surface area contributed by atoms with Crippen molar-refractivity contribution in [3.05, 3.63) is 39.6 Å². The summed E-state index contributed by atoms with van der Waals surface area (Å²) >= 11 is 2.40. The van der Waals surface area contributed by atoms with Gasteiger partial charge in [0.15, 0.2) is 0 Å². The Morgan fingerprint density at radius 3 is 2.54 bits per heavy atom. The number of nitrogens with zero attached hydrogens (tertiary/aromatic N) is 2. The number of rotatable bonds is 7. The number of aliphatic carboxylic acids is 1. The van der Waals surface area contributed by atoms with Crippen molar-refractivity contribution < 1.29 is 14.6 Å². The number of benzene rings is 1. The first-order chi connectivity index (χ1) is 12.5. The van der Waals surface area contributed by atoms with Crippen LogP contribution in [0.4, 0.5) is 0 Å². The molecule has 0 amide bonds. The summed E-state index contributed by atoms with van der Waals surface area (Å²) in [5.41, 5.74) is 3.47. The number of hydrogen-bond acceptors (Lipinski definition) is 3. The lowest BCUT2D eigenvalue weighted by Crippen LogP contribution is -2.23. The van der Waals surface area contributed by atoms with E-state index in [0.717, 1.165) is 43.5 Å². The molecule has 1 heterocycles. The van der Waals surface area contributed by atoms with Gasteiger partial charge in [0, 0.05) is 17.8 Å². The molecule has 1 aliphatic rings. The van der Waals surface area contributed by atoms with E-state index in [1.54, 1.807) is 0 Å². The number of aromatic nitrogens is 2. The molecule has 1 aromatic heterocycles. The van der Waals surface area contributed by atoms with E-state index in [-0.39, 0.29) is 6.61 Å². The lowest BCUT2D eigenvalue weighted by Gasteiger charge is -2.28. The molecule has 1 fully saturated rings. The molecular weight excluding hydrogens is 443 g/mol. The zero-order chi connectivity index (χ0) is 18.5. The molecular formula is C20H25IN2O3. The Balaban J connectivity index is 1.56. The number of ether oxygens (including phenoxy) is 1. The molecule has 6 heteroatoms. The number of carboxylic acids is 1. The Hall–Kier alpha value is -1.41. The van der Waals surface area contributed by atoms with Gasteiger partial charge in [0.1, 0.15) is 12.3 Å². The molecule has 140 valence electrons. The molecule has 26 heavy (non-hydrogen) atoms. The minimum atomic E-state index is -0.892. The zero-order valence-corrected chi connectivity index (χ0v) is 17.2. The van der Waals surface area contributed by atoms with Crippen molar-refractivity contribution in [1.82, 2.24) is 9.78 Å². The standard InChI is InChI=1S/C20H25IN2O3/c1-14-19(21)20(17-5-3-2-4-6-17)22-23(14)11-15-7-9-16(10-8-15)12-26-13-18(24)25/h2-6,15-16H,7-13H2,1H3,(H,24,25)/t15-,16-. The third-order valence-corrected chi connectivity index (χ3v) is 6.45. The molecule has 1 saturated carbocycles. The average Bonchev–Trinajstić information content (AvgIpc) is 2.92. The van der Waals surface area contributed by atoms with Gasteiger partial charge in [0.05, 0.1) is 10.2 Å². The molecule has 0 atom stereocenters. The molecule has 0 saturated heterocycles. The Bertz CT molecular complexity index is 737. The molecule has 0 unspecified atom stereocenters. The third-order valence-electron chi connectivity index (χ3n) is 5.16. The smallest absolute Gasteiger partial charge is 0.329 e. The first-order valence-corrected chi connectivity index (χ1v) is 10.2. The van der Waals surface area contributed by atoms with Crippen molar-refractivity contribution in [2.45, 2.75) is 39.2 Å². The van der Waals surface area contributed by atoms with E-state index in [1.165, 1.54) is 9.26 Å². The van der Waals surface area contributed by atoms with E-state index in [4.69, 9.17) is 14.9 Å². The maximum atomic E-state index is 10.5. The maximum Gasteiger partial charge on any atom is 0.329 e. The molecule has 5 nitrogen and oxygen atoms in total. The van der Waals surface area contributed by atoms with Crippen LogP contribution in [-0.2, 0) is 16.1 Å². The second-order valence-electron chi connectivity index (χ2n) is 7.09. The summed E-state index contributed by atoms with van der Waals surface area (Å²) in [5.74, 6) is 0.227. The Labute approximate surface area is 167 Å². The van der Waals surface area contributed by atoms with Gasteiger partial charge in [0.25, 0.3) is 0 Å². The second-order valence-corrected chi connectivity index (χ2v) is 8.17. The summed E-state index contributed by atoms with van der Waals surface area (Å²) in [6, 6.07) is 10.3.